The molecule has 0 aliphatic heterocycles. The number of amides is 1. The van der Waals surface area contributed by atoms with Gasteiger partial charge in [0.25, 0.3) is 5.91 Å². The van der Waals surface area contributed by atoms with E-state index in [9.17, 15) is 22.4 Å². The molecule has 0 aliphatic carbocycles. The summed E-state index contributed by atoms with van der Waals surface area (Å²) in [7, 11) is -3.76. The lowest BCUT2D eigenvalue weighted by molar-refractivity contribution is -0.124. The van der Waals surface area contributed by atoms with Crippen LogP contribution in [0.3, 0.4) is 0 Å². The van der Waals surface area contributed by atoms with Gasteiger partial charge in [-0.25, -0.2) is 22.3 Å². The molecule has 9 heteroatoms. The Bertz CT molecular complexity index is 960. The first-order chi connectivity index (χ1) is 13.2. The molecule has 0 aromatic heterocycles. The number of rotatable bonds is 8. The van der Waals surface area contributed by atoms with E-state index in [1.807, 2.05) is 0 Å². The molecule has 0 radical (unpaired) electrons. The molecule has 0 fully saturated rings. The molecule has 0 aliphatic rings. The number of sulfonamides is 1. The third-order valence-electron chi connectivity index (χ3n) is 3.54. The Labute approximate surface area is 163 Å². The molecule has 2 aromatic rings. The third-order valence-corrected chi connectivity index (χ3v) is 5.20. The molecule has 7 nitrogen and oxygen atoms in total. The van der Waals surface area contributed by atoms with E-state index in [1.165, 1.54) is 42.5 Å². The molecule has 0 saturated carbocycles. The van der Waals surface area contributed by atoms with Crippen molar-refractivity contribution in [3.8, 4) is 0 Å². The average Bonchev–Trinajstić information content (AvgIpc) is 2.64. The minimum absolute atomic E-state index is 0.00599. The number of hydrogen-bond acceptors (Lipinski definition) is 5. The highest BCUT2D eigenvalue weighted by Gasteiger charge is 2.18. The van der Waals surface area contributed by atoms with Crippen molar-refractivity contribution in [1.29, 1.82) is 0 Å². The van der Waals surface area contributed by atoms with Crippen LogP contribution in [0.15, 0.2) is 53.4 Å². The van der Waals surface area contributed by atoms with Crippen LogP contribution >= 0.6 is 0 Å². The largest absolute Gasteiger partial charge is 0.452 e. The maximum Gasteiger partial charge on any atom is 0.338 e. The predicted octanol–water partition coefficient (Wildman–Crippen LogP) is 1.99. The lowest BCUT2D eigenvalue weighted by Gasteiger charge is -2.11. The van der Waals surface area contributed by atoms with Crippen molar-refractivity contribution in [2.75, 3.05) is 6.61 Å². The van der Waals surface area contributed by atoms with Gasteiger partial charge in [0.05, 0.1) is 10.5 Å². The van der Waals surface area contributed by atoms with Gasteiger partial charge in [0.1, 0.15) is 5.82 Å². The van der Waals surface area contributed by atoms with Crippen LogP contribution < -0.4 is 10.0 Å². The van der Waals surface area contributed by atoms with Crippen LogP contribution in [0, 0.1) is 5.82 Å². The number of ether oxygens (including phenoxy) is 1. The predicted molar refractivity (Wildman–Crippen MR) is 100 cm³/mol. The second kappa shape index (κ2) is 9.43. The van der Waals surface area contributed by atoms with Crippen LogP contribution in [0.1, 0.15) is 29.8 Å². The fourth-order valence-electron chi connectivity index (χ4n) is 2.27. The number of carbonyl (C=O) groups is 2. The van der Waals surface area contributed by atoms with E-state index in [0.29, 0.717) is 5.56 Å². The Balaban J connectivity index is 1.93. The summed E-state index contributed by atoms with van der Waals surface area (Å²) in [5.41, 5.74) is 0.297. The van der Waals surface area contributed by atoms with E-state index >= 15 is 0 Å². The summed E-state index contributed by atoms with van der Waals surface area (Å²) in [6.07, 6.45) is 0. The Morgan fingerprint density at radius 2 is 1.82 bits per heavy atom. The highest BCUT2D eigenvalue weighted by Crippen LogP contribution is 2.13. The van der Waals surface area contributed by atoms with Gasteiger partial charge < -0.3 is 10.1 Å². The third kappa shape index (κ3) is 6.14. The molecule has 2 N–H and O–H groups in total. The fourth-order valence-corrected chi connectivity index (χ4v) is 3.57. The number of nitrogens with one attached hydrogen (secondary N) is 2. The van der Waals surface area contributed by atoms with E-state index in [1.54, 1.807) is 19.9 Å². The second-order valence-electron chi connectivity index (χ2n) is 6.25. The van der Waals surface area contributed by atoms with Gasteiger partial charge in [0.15, 0.2) is 6.61 Å². The Morgan fingerprint density at radius 3 is 2.50 bits per heavy atom. The quantitative estimate of drug-likeness (QED) is 0.651. The van der Waals surface area contributed by atoms with E-state index in [2.05, 4.69) is 10.0 Å². The zero-order chi connectivity index (χ0) is 20.7. The highest BCUT2D eigenvalue weighted by atomic mass is 32.2. The van der Waals surface area contributed by atoms with Crippen LogP contribution in [0.25, 0.3) is 0 Å². The molecule has 150 valence electrons. The van der Waals surface area contributed by atoms with Crippen molar-refractivity contribution in [2.45, 2.75) is 31.3 Å². The second-order valence-corrected chi connectivity index (χ2v) is 7.96. The van der Waals surface area contributed by atoms with Gasteiger partial charge >= 0.3 is 5.97 Å². The molecule has 0 unspecified atom stereocenters. The number of hydrogen-bond donors (Lipinski definition) is 2. The van der Waals surface area contributed by atoms with Gasteiger partial charge in [0.2, 0.25) is 10.0 Å². The van der Waals surface area contributed by atoms with E-state index in [-0.39, 0.29) is 23.0 Å². The van der Waals surface area contributed by atoms with Crippen molar-refractivity contribution in [3.05, 3.63) is 65.5 Å². The number of halogens is 1. The maximum atomic E-state index is 13.5. The topological polar surface area (TPSA) is 102 Å². The van der Waals surface area contributed by atoms with Crippen LogP contribution in [-0.4, -0.2) is 32.9 Å². The van der Waals surface area contributed by atoms with E-state index in [4.69, 9.17) is 4.74 Å². The highest BCUT2D eigenvalue weighted by molar-refractivity contribution is 7.89. The lowest BCUT2D eigenvalue weighted by atomic mass is 10.2. The Kier molecular flexibility index (Phi) is 7.24. The summed E-state index contributed by atoms with van der Waals surface area (Å²) in [5, 5.41) is 2.44. The lowest BCUT2D eigenvalue weighted by Crippen LogP contribution is -2.30. The van der Waals surface area contributed by atoms with Gasteiger partial charge in [-0.05, 0) is 38.1 Å². The molecule has 28 heavy (non-hydrogen) atoms. The van der Waals surface area contributed by atoms with Gasteiger partial charge in [-0.1, -0.05) is 24.3 Å². The van der Waals surface area contributed by atoms with E-state index in [0.717, 1.165) is 0 Å². The molecule has 2 rings (SSSR count). The van der Waals surface area contributed by atoms with Gasteiger partial charge in [-0.15, -0.1) is 0 Å². The molecule has 0 heterocycles. The van der Waals surface area contributed by atoms with Crippen molar-refractivity contribution in [1.82, 2.24) is 10.0 Å². The van der Waals surface area contributed by atoms with Gasteiger partial charge in [0, 0.05) is 18.2 Å². The van der Waals surface area contributed by atoms with Crippen LogP contribution in [-0.2, 0) is 26.1 Å². The van der Waals surface area contributed by atoms with Gasteiger partial charge in [-0.3, -0.25) is 4.79 Å². The SMILES string of the molecule is CC(C)NS(=O)(=O)c1cccc(C(=O)OCC(=O)NCc2ccccc2F)c1. The van der Waals surface area contributed by atoms with Gasteiger partial charge in [-0.2, -0.15) is 0 Å². The zero-order valence-electron chi connectivity index (χ0n) is 15.4. The minimum atomic E-state index is -3.76. The summed E-state index contributed by atoms with van der Waals surface area (Å²) in [6, 6.07) is 11.0. The number of esters is 1. The monoisotopic (exact) mass is 408 g/mol. The van der Waals surface area contributed by atoms with Crippen molar-refractivity contribution in [3.63, 3.8) is 0 Å². The Hall–Kier alpha value is -2.78. The summed E-state index contributed by atoms with van der Waals surface area (Å²) in [4.78, 5) is 23.8. The summed E-state index contributed by atoms with van der Waals surface area (Å²) >= 11 is 0. The van der Waals surface area contributed by atoms with Crippen molar-refractivity contribution in [2.24, 2.45) is 0 Å². The first-order valence-corrected chi connectivity index (χ1v) is 9.97. The first-order valence-electron chi connectivity index (χ1n) is 8.48. The van der Waals surface area contributed by atoms with Crippen molar-refractivity contribution >= 4 is 21.9 Å². The van der Waals surface area contributed by atoms with Crippen LogP contribution in [0.4, 0.5) is 4.39 Å². The molecule has 0 saturated heterocycles. The summed E-state index contributed by atoms with van der Waals surface area (Å²) in [5.74, 6) is -1.91. The maximum absolute atomic E-state index is 13.5. The fraction of sp³-hybridized carbons (Fsp3) is 0.263. The zero-order valence-corrected chi connectivity index (χ0v) is 16.3. The van der Waals surface area contributed by atoms with Crippen molar-refractivity contribution < 1.29 is 27.1 Å². The van der Waals surface area contributed by atoms with Crippen LogP contribution in [0.5, 0.6) is 0 Å². The standard InChI is InChI=1S/C19H21FN2O5S/c1-13(2)22-28(25,26)16-8-5-7-14(10-16)19(24)27-12-18(23)21-11-15-6-3-4-9-17(15)20/h3-10,13,22H,11-12H2,1-2H3,(H,21,23). The molecule has 2 aromatic carbocycles. The molecule has 1 amide bonds. The number of benzene rings is 2. The van der Waals surface area contributed by atoms with E-state index < -0.39 is 34.3 Å². The normalized spacial score (nSPS) is 11.3. The molecular formula is C19H21FN2O5S. The smallest absolute Gasteiger partial charge is 0.338 e. The van der Waals surface area contributed by atoms with Crippen LogP contribution in [0.2, 0.25) is 0 Å². The first kappa shape index (κ1) is 21.5. The minimum Gasteiger partial charge on any atom is -0.452 e. The Morgan fingerprint density at radius 1 is 1.11 bits per heavy atom. The summed E-state index contributed by atoms with van der Waals surface area (Å²) in [6.45, 7) is 2.73. The molecule has 0 spiro atoms. The molecule has 0 bridgehead atoms. The molecule has 0 atom stereocenters. The average molecular weight is 408 g/mol. The molecular weight excluding hydrogens is 387 g/mol. The number of carbonyl (C=O) groups excluding carboxylic acids is 2. The summed E-state index contributed by atoms with van der Waals surface area (Å²) < 4.78 is 45.2.